The fourth-order valence-corrected chi connectivity index (χ4v) is 2.56. The van der Waals surface area contributed by atoms with Gasteiger partial charge in [-0.3, -0.25) is 0 Å². The van der Waals surface area contributed by atoms with E-state index in [2.05, 4.69) is 15.5 Å². The molecule has 29 heavy (non-hydrogen) atoms. The average molecular weight is 398 g/mol. The van der Waals surface area contributed by atoms with Crippen molar-refractivity contribution in [3.8, 4) is 5.75 Å². The monoisotopic (exact) mass is 398 g/mol. The number of ether oxygens (including phenoxy) is 1. The van der Waals surface area contributed by atoms with Crippen LogP contribution in [-0.2, 0) is 13.0 Å². The highest BCUT2D eigenvalue weighted by Gasteiger charge is 2.13. The number of aryl methyl sites for hydroxylation is 2. The van der Waals surface area contributed by atoms with E-state index in [4.69, 9.17) is 9.26 Å². The SMILES string of the molecule is Cc1cccc(OCc2nc(CCN(C)C(=O)Nc3ccc(C)c(F)c3)no2)c1. The summed E-state index contributed by atoms with van der Waals surface area (Å²) in [4.78, 5) is 18.0. The van der Waals surface area contributed by atoms with Gasteiger partial charge in [-0.05, 0) is 49.2 Å². The lowest BCUT2D eigenvalue weighted by atomic mass is 10.2. The summed E-state index contributed by atoms with van der Waals surface area (Å²) in [5, 5.41) is 6.57. The molecule has 0 saturated heterocycles. The molecule has 0 fully saturated rings. The molecular weight excluding hydrogens is 375 g/mol. The van der Waals surface area contributed by atoms with Gasteiger partial charge in [0.2, 0.25) is 0 Å². The molecule has 0 unspecified atom stereocenters. The third kappa shape index (κ3) is 5.78. The highest BCUT2D eigenvalue weighted by atomic mass is 19.1. The molecule has 3 aromatic rings. The van der Waals surface area contributed by atoms with E-state index in [9.17, 15) is 9.18 Å². The first-order valence-electron chi connectivity index (χ1n) is 9.20. The van der Waals surface area contributed by atoms with E-state index in [1.807, 2.05) is 31.2 Å². The molecule has 0 atom stereocenters. The van der Waals surface area contributed by atoms with Crippen LogP contribution >= 0.6 is 0 Å². The number of hydrogen-bond acceptors (Lipinski definition) is 5. The Bertz CT molecular complexity index is 990. The van der Waals surface area contributed by atoms with Gasteiger partial charge in [-0.15, -0.1) is 0 Å². The fraction of sp³-hybridized carbons (Fsp3) is 0.286. The van der Waals surface area contributed by atoms with Crippen LogP contribution < -0.4 is 10.1 Å². The van der Waals surface area contributed by atoms with Crippen molar-refractivity contribution >= 4 is 11.7 Å². The summed E-state index contributed by atoms with van der Waals surface area (Å²) in [5.41, 5.74) is 2.03. The number of benzene rings is 2. The maximum Gasteiger partial charge on any atom is 0.321 e. The lowest BCUT2D eigenvalue weighted by Crippen LogP contribution is -2.33. The molecule has 0 spiro atoms. The number of anilines is 1. The van der Waals surface area contributed by atoms with Gasteiger partial charge in [-0.1, -0.05) is 23.4 Å². The van der Waals surface area contributed by atoms with Gasteiger partial charge in [0.15, 0.2) is 12.4 Å². The second-order valence-electron chi connectivity index (χ2n) is 6.78. The molecule has 0 saturated carbocycles. The summed E-state index contributed by atoms with van der Waals surface area (Å²) in [5.74, 6) is 1.21. The van der Waals surface area contributed by atoms with Gasteiger partial charge in [-0.2, -0.15) is 4.98 Å². The maximum atomic E-state index is 13.6. The van der Waals surface area contributed by atoms with Crippen molar-refractivity contribution in [2.24, 2.45) is 0 Å². The van der Waals surface area contributed by atoms with Crippen LogP contribution in [0.5, 0.6) is 5.75 Å². The fourth-order valence-electron chi connectivity index (χ4n) is 2.56. The smallest absolute Gasteiger partial charge is 0.321 e. The van der Waals surface area contributed by atoms with E-state index < -0.39 is 0 Å². The standard InChI is InChI=1S/C21H23FN4O3/c1-14-5-4-6-17(11-14)28-13-20-24-19(25-29-20)9-10-26(3)21(27)23-16-8-7-15(2)18(22)12-16/h4-8,11-12H,9-10,13H2,1-3H3,(H,23,27). The van der Waals surface area contributed by atoms with Gasteiger partial charge in [0.25, 0.3) is 5.89 Å². The summed E-state index contributed by atoms with van der Waals surface area (Å²) in [6.45, 7) is 4.20. The Morgan fingerprint density at radius 1 is 1.24 bits per heavy atom. The molecule has 1 aromatic heterocycles. The first-order valence-corrected chi connectivity index (χ1v) is 9.20. The van der Waals surface area contributed by atoms with Crippen molar-refractivity contribution in [3.05, 3.63) is 71.1 Å². The topological polar surface area (TPSA) is 80.5 Å². The number of carbonyl (C=O) groups excluding carboxylic acids is 1. The van der Waals surface area contributed by atoms with Crippen molar-refractivity contribution in [2.75, 3.05) is 18.9 Å². The quantitative estimate of drug-likeness (QED) is 0.648. The van der Waals surface area contributed by atoms with Crippen molar-refractivity contribution in [2.45, 2.75) is 26.9 Å². The Morgan fingerprint density at radius 2 is 2.07 bits per heavy atom. The molecule has 8 heteroatoms. The van der Waals surface area contributed by atoms with Gasteiger partial charge in [0, 0.05) is 25.7 Å². The number of nitrogens with zero attached hydrogens (tertiary/aromatic N) is 3. The molecule has 0 bridgehead atoms. The Labute approximate surface area is 168 Å². The summed E-state index contributed by atoms with van der Waals surface area (Å²) in [7, 11) is 1.64. The molecule has 3 rings (SSSR count). The van der Waals surface area contributed by atoms with Crippen LogP contribution in [0.4, 0.5) is 14.9 Å². The van der Waals surface area contributed by atoms with Gasteiger partial charge < -0.3 is 19.5 Å². The molecule has 1 heterocycles. The first kappa shape index (κ1) is 20.3. The predicted octanol–water partition coefficient (Wildman–Crippen LogP) is 4.11. The lowest BCUT2D eigenvalue weighted by molar-refractivity contribution is 0.222. The van der Waals surface area contributed by atoms with E-state index in [1.54, 1.807) is 26.1 Å². The van der Waals surface area contributed by atoms with Crippen molar-refractivity contribution < 1.29 is 18.4 Å². The summed E-state index contributed by atoms with van der Waals surface area (Å²) in [6.07, 6.45) is 0.417. The highest BCUT2D eigenvalue weighted by molar-refractivity contribution is 5.89. The number of likely N-dealkylation sites (N-methyl/N-ethyl adjacent to an activating group) is 1. The van der Waals surface area contributed by atoms with Crippen LogP contribution in [0.15, 0.2) is 47.0 Å². The Morgan fingerprint density at radius 3 is 2.83 bits per heavy atom. The van der Waals surface area contributed by atoms with E-state index in [0.29, 0.717) is 35.9 Å². The zero-order valence-corrected chi connectivity index (χ0v) is 16.6. The third-order valence-corrected chi connectivity index (χ3v) is 4.30. The number of carbonyl (C=O) groups is 1. The Balaban J connectivity index is 1.46. The number of nitrogens with one attached hydrogen (secondary N) is 1. The van der Waals surface area contributed by atoms with E-state index in [1.165, 1.54) is 11.0 Å². The molecule has 0 radical (unpaired) electrons. The number of rotatable bonds is 7. The molecule has 0 aliphatic rings. The number of urea groups is 1. The second-order valence-corrected chi connectivity index (χ2v) is 6.78. The van der Waals surface area contributed by atoms with Crippen LogP contribution in [0.2, 0.25) is 0 Å². The van der Waals surface area contributed by atoms with Gasteiger partial charge in [0.1, 0.15) is 11.6 Å². The molecule has 152 valence electrons. The van der Waals surface area contributed by atoms with Crippen molar-refractivity contribution in [1.29, 1.82) is 0 Å². The number of halogens is 1. The lowest BCUT2D eigenvalue weighted by Gasteiger charge is -2.17. The van der Waals surface area contributed by atoms with E-state index in [0.717, 1.165) is 11.3 Å². The van der Waals surface area contributed by atoms with Gasteiger partial charge in [0.05, 0.1) is 0 Å². The van der Waals surface area contributed by atoms with E-state index in [-0.39, 0.29) is 18.5 Å². The van der Waals surface area contributed by atoms with Gasteiger partial charge >= 0.3 is 6.03 Å². The minimum Gasteiger partial charge on any atom is -0.484 e. The highest BCUT2D eigenvalue weighted by Crippen LogP contribution is 2.15. The zero-order chi connectivity index (χ0) is 20.8. The van der Waals surface area contributed by atoms with Crippen LogP contribution in [0.1, 0.15) is 22.8 Å². The Hall–Kier alpha value is -3.42. The van der Waals surface area contributed by atoms with Crippen molar-refractivity contribution in [3.63, 3.8) is 0 Å². The molecular formula is C21H23FN4O3. The average Bonchev–Trinajstić information content (AvgIpc) is 3.15. The Kier molecular flexibility index (Phi) is 6.43. The minimum absolute atomic E-state index is 0.172. The summed E-state index contributed by atoms with van der Waals surface area (Å²) >= 11 is 0. The van der Waals surface area contributed by atoms with Crippen molar-refractivity contribution in [1.82, 2.24) is 15.0 Å². The number of hydrogen-bond donors (Lipinski definition) is 1. The molecule has 0 aliphatic carbocycles. The maximum absolute atomic E-state index is 13.6. The van der Waals surface area contributed by atoms with Crippen LogP contribution in [0.25, 0.3) is 0 Å². The summed E-state index contributed by atoms with van der Waals surface area (Å²) < 4.78 is 24.4. The second kappa shape index (κ2) is 9.18. The van der Waals surface area contributed by atoms with E-state index >= 15 is 0 Å². The van der Waals surface area contributed by atoms with Crippen LogP contribution in [0.3, 0.4) is 0 Å². The summed E-state index contributed by atoms with van der Waals surface area (Å²) in [6, 6.07) is 11.9. The third-order valence-electron chi connectivity index (χ3n) is 4.30. The first-order chi connectivity index (χ1) is 13.9. The number of aromatic nitrogens is 2. The van der Waals surface area contributed by atoms with Crippen LogP contribution in [-0.4, -0.2) is 34.7 Å². The van der Waals surface area contributed by atoms with Crippen LogP contribution in [0, 0.1) is 19.7 Å². The molecule has 2 aromatic carbocycles. The molecule has 0 aliphatic heterocycles. The normalized spacial score (nSPS) is 10.6. The predicted molar refractivity (Wildman–Crippen MR) is 106 cm³/mol. The zero-order valence-electron chi connectivity index (χ0n) is 16.6. The molecule has 2 amide bonds. The minimum atomic E-state index is -0.363. The molecule has 1 N–H and O–H groups in total. The van der Waals surface area contributed by atoms with Gasteiger partial charge in [-0.25, -0.2) is 9.18 Å². The molecule has 7 nitrogen and oxygen atoms in total. The number of amides is 2. The largest absolute Gasteiger partial charge is 0.484 e.